The Bertz CT molecular complexity index is 1440. The molecule has 0 amide bonds. The lowest BCUT2D eigenvalue weighted by Gasteiger charge is -2.35. The fourth-order valence-corrected chi connectivity index (χ4v) is 5.73. The maximum Gasteiger partial charge on any atom is 0.305 e. The first-order chi connectivity index (χ1) is 18.3. The number of fused-ring (bicyclic) bond motifs is 1. The lowest BCUT2D eigenvalue weighted by molar-refractivity contribution is -0.141. The molecule has 0 bridgehead atoms. The van der Waals surface area contributed by atoms with Gasteiger partial charge < -0.3 is 14.2 Å². The first-order valence-corrected chi connectivity index (χ1v) is 14.0. The van der Waals surface area contributed by atoms with Crippen LogP contribution in [0.5, 0.6) is 11.6 Å². The van der Waals surface area contributed by atoms with Gasteiger partial charge in [0, 0.05) is 25.4 Å². The predicted octanol–water partition coefficient (Wildman–Crippen LogP) is 4.43. The summed E-state index contributed by atoms with van der Waals surface area (Å²) in [5.41, 5.74) is 1.67. The van der Waals surface area contributed by atoms with E-state index in [1.807, 2.05) is 6.92 Å². The van der Waals surface area contributed by atoms with Crippen LogP contribution in [-0.2, 0) is 26.1 Å². The minimum Gasteiger partial charge on any atom is -0.486 e. The third-order valence-electron chi connectivity index (χ3n) is 5.90. The number of esters is 1. The van der Waals surface area contributed by atoms with Gasteiger partial charge >= 0.3 is 5.97 Å². The topological polar surface area (TPSA) is 113 Å². The van der Waals surface area contributed by atoms with Crippen LogP contribution in [0.3, 0.4) is 0 Å². The maximum atomic E-state index is 14.0. The van der Waals surface area contributed by atoms with Crippen molar-refractivity contribution in [2.75, 3.05) is 24.6 Å². The van der Waals surface area contributed by atoms with E-state index in [0.717, 1.165) is 5.56 Å². The van der Waals surface area contributed by atoms with E-state index in [-0.39, 0.29) is 36.8 Å². The Morgan fingerprint density at radius 3 is 2.79 bits per heavy atom. The summed E-state index contributed by atoms with van der Waals surface area (Å²) in [5, 5.41) is 4.78. The van der Waals surface area contributed by atoms with Gasteiger partial charge in [-0.05, 0) is 56.2 Å². The Hall–Kier alpha value is -3.57. The van der Waals surface area contributed by atoms with E-state index in [2.05, 4.69) is 10.1 Å². The summed E-state index contributed by atoms with van der Waals surface area (Å²) in [7, 11) is -2.80. The van der Waals surface area contributed by atoms with Crippen molar-refractivity contribution in [2.24, 2.45) is 0 Å². The minimum absolute atomic E-state index is 0.00552. The van der Waals surface area contributed by atoms with Gasteiger partial charge in [-0.1, -0.05) is 23.7 Å². The quantitative estimate of drug-likeness (QED) is 0.335. The molecule has 0 N–H and O–H groups in total. The monoisotopic (exact) mass is 560 g/mol. The van der Waals surface area contributed by atoms with Gasteiger partial charge in [-0.15, -0.1) is 5.10 Å². The van der Waals surface area contributed by atoms with E-state index in [0.29, 0.717) is 28.7 Å². The Morgan fingerprint density at radius 2 is 2.08 bits per heavy atom. The molecule has 0 aliphatic carbocycles. The summed E-state index contributed by atoms with van der Waals surface area (Å²) in [4.78, 5) is 16.0. The Balaban J connectivity index is 1.75. The van der Waals surface area contributed by atoms with Crippen molar-refractivity contribution in [3.05, 3.63) is 59.0 Å². The van der Waals surface area contributed by atoms with Gasteiger partial charge in [0.25, 0.3) is 15.9 Å². The number of halogens is 1. The zero-order valence-electron chi connectivity index (χ0n) is 21.3. The first kappa shape index (κ1) is 27.5. The fourth-order valence-electron chi connectivity index (χ4n) is 3.97. The van der Waals surface area contributed by atoms with Gasteiger partial charge in [0.1, 0.15) is 11.9 Å². The molecule has 38 heavy (non-hydrogen) atoms. The smallest absolute Gasteiger partial charge is 0.305 e. The molecule has 0 spiro atoms. The Labute approximate surface area is 226 Å². The number of carbonyl (C=O) groups excluding carboxylic acids is 1. The van der Waals surface area contributed by atoms with Crippen LogP contribution in [0, 0.1) is 0 Å². The molecule has 1 aliphatic heterocycles. The molecule has 3 heterocycles. The number of aryl methyl sites for hydroxylation is 1. The van der Waals surface area contributed by atoms with Gasteiger partial charge in [0.15, 0.2) is 4.90 Å². The fraction of sp³-hybridized carbons (Fsp3) is 0.346. The first-order valence-electron chi connectivity index (χ1n) is 12.2. The molecule has 10 nitrogen and oxygen atoms in total. The van der Waals surface area contributed by atoms with Crippen molar-refractivity contribution in [2.45, 2.75) is 44.2 Å². The van der Waals surface area contributed by atoms with E-state index in [9.17, 15) is 13.2 Å². The highest BCUT2D eigenvalue weighted by atomic mass is 35.5. The molecule has 3 aromatic rings. The summed E-state index contributed by atoms with van der Waals surface area (Å²) in [6.07, 6.45) is 6.46. The molecule has 1 unspecified atom stereocenters. The van der Waals surface area contributed by atoms with Crippen LogP contribution in [0.15, 0.2) is 47.6 Å². The number of methoxy groups -OCH3 is 1. The molecule has 12 heteroatoms. The second kappa shape index (κ2) is 11.9. The SMILES string of the molecule is CCOc1nn(CC)cc1S(=O)(=O)N1CC(CCC(=O)OC)Oc2ccc(C=Cc3ncccc3Cl)cc21. The van der Waals surface area contributed by atoms with E-state index >= 15 is 0 Å². The van der Waals surface area contributed by atoms with Crippen molar-refractivity contribution >= 4 is 45.4 Å². The van der Waals surface area contributed by atoms with Crippen molar-refractivity contribution in [1.29, 1.82) is 0 Å². The number of carbonyl (C=O) groups is 1. The number of rotatable bonds is 10. The third-order valence-corrected chi connectivity index (χ3v) is 7.98. The van der Waals surface area contributed by atoms with Crippen LogP contribution in [-0.4, -0.2) is 55.5 Å². The number of hydrogen-bond donors (Lipinski definition) is 0. The van der Waals surface area contributed by atoms with Crippen LogP contribution < -0.4 is 13.8 Å². The summed E-state index contributed by atoms with van der Waals surface area (Å²) < 4.78 is 47.3. The lowest BCUT2D eigenvalue weighted by Crippen LogP contribution is -2.43. The summed E-state index contributed by atoms with van der Waals surface area (Å²) in [6, 6.07) is 8.72. The maximum absolute atomic E-state index is 14.0. The van der Waals surface area contributed by atoms with Crippen LogP contribution in [0.2, 0.25) is 5.02 Å². The molecular formula is C26H29ClN4O6S. The second-order valence-electron chi connectivity index (χ2n) is 8.41. The molecule has 1 atom stereocenters. The minimum atomic E-state index is -4.11. The highest BCUT2D eigenvalue weighted by molar-refractivity contribution is 7.93. The van der Waals surface area contributed by atoms with E-state index in [4.69, 9.17) is 25.8 Å². The molecular weight excluding hydrogens is 532 g/mol. The molecule has 0 radical (unpaired) electrons. The molecule has 1 aromatic carbocycles. The largest absolute Gasteiger partial charge is 0.486 e. The molecule has 202 valence electrons. The van der Waals surface area contributed by atoms with E-state index in [1.165, 1.54) is 22.3 Å². The second-order valence-corrected chi connectivity index (χ2v) is 10.6. The summed E-state index contributed by atoms with van der Waals surface area (Å²) in [6.45, 7) is 4.35. The average molecular weight is 561 g/mol. The molecule has 0 saturated heterocycles. The van der Waals surface area contributed by atoms with E-state index in [1.54, 1.807) is 55.6 Å². The predicted molar refractivity (Wildman–Crippen MR) is 144 cm³/mol. The average Bonchev–Trinajstić information content (AvgIpc) is 3.35. The number of nitrogens with zero attached hydrogens (tertiary/aromatic N) is 4. The van der Waals surface area contributed by atoms with E-state index < -0.39 is 22.1 Å². The van der Waals surface area contributed by atoms with Crippen molar-refractivity contribution in [3.8, 4) is 11.6 Å². The molecule has 1 aliphatic rings. The Morgan fingerprint density at radius 1 is 1.26 bits per heavy atom. The van der Waals surface area contributed by atoms with Crippen LogP contribution in [0.1, 0.15) is 37.9 Å². The summed E-state index contributed by atoms with van der Waals surface area (Å²) >= 11 is 6.22. The standard InChI is InChI=1S/C26H29ClN4O6S/c1-4-30-17-24(26(29-30)36-5-2)38(33,34)31-16-19(10-13-25(32)35-3)37-23-12-9-18(15-22(23)31)8-11-21-20(27)7-6-14-28-21/h6-9,11-12,14-15,17,19H,4-5,10,13,16H2,1-3H3. The number of hydrogen-bond acceptors (Lipinski definition) is 8. The number of ether oxygens (including phenoxy) is 3. The van der Waals surface area contributed by atoms with Crippen LogP contribution in [0.4, 0.5) is 5.69 Å². The number of pyridine rings is 1. The van der Waals surface area contributed by atoms with Crippen molar-refractivity contribution in [3.63, 3.8) is 0 Å². The number of sulfonamides is 1. The number of benzene rings is 1. The zero-order valence-corrected chi connectivity index (χ0v) is 22.9. The molecule has 0 fully saturated rings. The lowest BCUT2D eigenvalue weighted by atomic mass is 10.1. The number of aromatic nitrogens is 3. The normalized spacial score (nSPS) is 15.3. The molecule has 2 aromatic heterocycles. The van der Waals surface area contributed by atoms with Gasteiger partial charge in [-0.3, -0.25) is 18.8 Å². The number of anilines is 1. The van der Waals surface area contributed by atoms with Gasteiger partial charge in [-0.2, -0.15) is 0 Å². The highest BCUT2D eigenvalue weighted by Gasteiger charge is 2.37. The van der Waals surface area contributed by atoms with Crippen molar-refractivity contribution in [1.82, 2.24) is 14.8 Å². The molecule has 0 saturated carbocycles. The molecule has 4 rings (SSSR count). The van der Waals surface area contributed by atoms with Crippen molar-refractivity contribution < 1.29 is 27.4 Å². The van der Waals surface area contributed by atoms with Crippen LogP contribution in [0.25, 0.3) is 12.2 Å². The van der Waals surface area contributed by atoms with Gasteiger partial charge in [-0.25, -0.2) is 8.42 Å². The van der Waals surface area contributed by atoms with Gasteiger partial charge in [0.2, 0.25) is 0 Å². The highest BCUT2D eigenvalue weighted by Crippen LogP contribution is 2.40. The zero-order chi connectivity index (χ0) is 27.3. The Kier molecular flexibility index (Phi) is 8.58. The van der Waals surface area contributed by atoms with Crippen LogP contribution >= 0.6 is 11.6 Å². The van der Waals surface area contributed by atoms with Gasteiger partial charge in [0.05, 0.1) is 36.7 Å². The summed E-state index contributed by atoms with van der Waals surface area (Å²) in [5.74, 6) is 0.0169. The third kappa shape index (κ3) is 5.94.